The molecule has 0 saturated carbocycles. The Morgan fingerprint density at radius 1 is 1.14 bits per heavy atom. The van der Waals surface area contributed by atoms with Crippen molar-refractivity contribution < 1.29 is 9.53 Å². The number of pyridine rings is 1. The molecule has 1 amide bonds. The average molecular weight is 280 g/mol. The van der Waals surface area contributed by atoms with Gasteiger partial charge in [0.05, 0.1) is 0 Å². The first kappa shape index (κ1) is 14.5. The van der Waals surface area contributed by atoms with Crippen molar-refractivity contribution in [1.29, 1.82) is 0 Å². The van der Waals surface area contributed by atoms with Crippen molar-refractivity contribution in [3.05, 3.63) is 73.1 Å². The zero-order chi connectivity index (χ0) is 14.9. The number of allylic oxidation sites excluding steroid dienone is 3. The van der Waals surface area contributed by atoms with Gasteiger partial charge in [-0.1, -0.05) is 24.3 Å². The van der Waals surface area contributed by atoms with Crippen LogP contribution >= 0.6 is 0 Å². The van der Waals surface area contributed by atoms with Crippen LogP contribution < -0.4 is 10.1 Å². The van der Waals surface area contributed by atoms with E-state index >= 15 is 0 Å². The molecule has 1 aromatic heterocycles. The molecule has 0 atom stereocenters. The van der Waals surface area contributed by atoms with Gasteiger partial charge >= 0.3 is 0 Å². The molecule has 0 saturated heterocycles. The number of ether oxygens (including phenoxy) is 1. The summed E-state index contributed by atoms with van der Waals surface area (Å²) in [4.78, 5) is 15.6. The molecule has 4 nitrogen and oxygen atoms in total. The summed E-state index contributed by atoms with van der Waals surface area (Å²) in [6, 6.07) is 10.8. The van der Waals surface area contributed by atoms with E-state index < -0.39 is 0 Å². The van der Waals surface area contributed by atoms with E-state index in [4.69, 9.17) is 4.74 Å². The zero-order valence-corrected chi connectivity index (χ0v) is 11.7. The van der Waals surface area contributed by atoms with Crippen molar-refractivity contribution in [2.24, 2.45) is 0 Å². The number of benzene rings is 1. The summed E-state index contributed by atoms with van der Waals surface area (Å²) < 4.78 is 5.68. The molecule has 0 bridgehead atoms. The van der Waals surface area contributed by atoms with Crippen molar-refractivity contribution in [1.82, 2.24) is 4.98 Å². The highest BCUT2D eigenvalue weighted by Gasteiger charge is 2.01. The minimum atomic E-state index is -0.186. The number of aromatic nitrogens is 1. The second kappa shape index (κ2) is 7.65. The number of hydrogen-bond donors (Lipinski definition) is 1. The Hall–Kier alpha value is -2.88. The summed E-state index contributed by atoms with van der Waals surface area (Å²) in [5, 5.41) is 2.78. The molecular formula is C17H16N2O2. The summed E-state index contributed by atoms with van der Waals surface area (Å²) in [7, 11) is 0. The number of nitrogens with zero attached hydrogens (tertiary/aromatic N) is 1. The van der Waals surface area contributed by atoms with Crippen molar-refractivity contribution >= 4 is 11.6 Å². The molecule has 106 valence electrons. The van der Waals surface area contributed by atoms with Crippen LogP contribution in [-0.4, -0.2) is 10.9 Å². The summed E-state index contributed by atoms with van der Waals surface area (Å²) in [5.74, 6) is 1.16. The van der Waals surface area contributed by atoms with Gasteiger partial charge in [-0.3, -0.25) is 9.78 Å². The number of carbonyl (C=O) groups excluding carboxylic acids is 1. The highest BCUT2D eigenvalue weighted by Crippen LogP contribution is 2.23. The van der Waals surface area contributed by atoms with Crippen LogP contribution in [0.4, 0.5) is 5.69 Å². The number of carbonyl (C=O) groups is 1. The summed E-state index contributed by atoms with van der Waals surface area (Å²) >= 11 is 0. The largest absolute Gasteiger partial charge is 0.457 e. The Bertz CT molecular complexity index is 649. The molecule has 1 heterocycles. The van der Waals surface area contributed by atoms with Gasteiger partial charge in [-0.05, 0) is 31.2 Å². The Balaban J connectivity index is 2.02. The molecule has 2 rings (SSSR count). The van der Waals surface area contributed by atoms with E-state index in [-0.39, 0.29) is 5.91 Å². The van der Waals surface area contributed by atoms with Crippen LogP contribution in [0.1, 0.15) is 6.92 Å². The lowest BCUT2D eigenvalue weighted by Gasteiger charge is -2.07. The number of hydrogen-bond acceptors (Lipinski definition) is 3. The smallest absolute Gasteiger partial charge is 0.248 e. The zero-order valence-electron chi connectivity index (χ0n) is 11.7. The predicted molar refractivity (Wildman–Crippen MR) is 83.3 cm³/mol. The van der Waals surface area contributed by atoms with Crippen LogP contribution in [0.15, 0.2) is 73.1 Å². The third kappa shape index (κ3) is 4.95. The molecule has 1 N–H and O–H groups in total. The first-order chi connectivity index (χ1) is 10.3. The van der Waals surface area contributed by atoms with E-state index in [1.54, 1.807) is 48.8 Å². The van der Waals surface area contributed by atoms with E-state index in [0.717, 1.165) is 0 Å². The summed E-state index contributed by atoms with van der Waals surface area (Å²) in [6.45, 7) is 1.89. The molecule has 4 heteroatoms. The SMILES string of the molecule is CC=CC=CC(=O)Nc1cccc(Oc2ccncc2)c1. The fraction of sp³-hybridized carbons (Fsp3) is 0.0588. The Morgan fingerprint density at radius 2 is 1.95 bits per heavy atom. The summed E-state index contributed by atoms with van der Waals surface area (Å²) in [6.07, 6.45) is 10.1. The van der Waals surface area contributed by atoms with E-state index in [9.17, 15) is 4.79 Å². The molecular weight excluding hydrogens is 264 g/mol. The standard InChI is InChI=1S/C17H16N2O2/c1-2-3-4-8-17(20)19-14-6-5-7-16(13-14)21-15-9-11-18-12-10-15/h2-13H,1H3,(H,19,20). The van der Waals surface area contributed by atoms with Gasteiger partial charge in [-0.15, -0.1) is 0 Å². The maximum Gasteiger partial charge on any atom is 0.248 e. The highest BCUT2D eigenvalue weighted by atomic mass is 16.5. The molecule has 0 aliphatic heterocycles. The summed E-state index contributed by atoms with van der Waals surface area (Å²) in [5.41, 5.74) is 0.677. The minimum Gasteiger partial charge on any atom is -0.457 e. The van der Waals surface area contributed by atoms with Gasteiger partial charge in [0, 0.05) is 30.2 Å². The van der Waals surface area contributed by atoms with Crippen LogP contribution in [0, 0.1) is 0 Å². The molecule has 21 heavy (non-hydrogen) atoms. The lowest BCUT2D eigenvalue weighted by molar-refractivity contribution is -0.111. The monoisotopic (exact) mass is 280 g/mol. The van der Waals surface area contributed by atoms with Crippen molar-refractivity contribution in [3.8, 4) is 11.5 Å². The molecule has 0 radical (unpaired) electrons. The number of nitrogens with one attached hydrogen (secondary N) is 1. The average Bonchev–Trinajstić information content (AvgIpc) is 2.49. The van der Waals surface area contributed by atoms with Crippen LogP contribution in [0.5, 0.6) is 11.5 Å². The third-order valence-corrected chi connectivity index (χ3v) is 2.54. The normalized spacial score (nSPS) is 10.9. The fourth-order valence-electron chi connectivity index (χ4n) is 1.62. The Kier molecular flexibility index (Phi) is 5.29. The predicted octanol–water partition coefficient (Wildman–Crippen LogP) is 3.94. The van der Waals surface area contributed by atoms with Crippen molar-refractivity contribution in [3.63, 3.8) is 0 Å². The molecule has 0 fully saturated rings. The molecule has 0 aliphatic carbocycles. The van der Waals surface area contributed by atoms with Crippen LogP contribution in [0.3, 0.4) is 0 Å². The van der Waals surface area contributed by atoms with E-state index in [2.05, 4.69) is 10.3 Å². The molecule has 1 aromatic carbocycles. The lowest BCUT2D eigenvalue weighted by Crippen LogP contribution is -2.07. The second-order valence-corrected chi connectivity index (χ2v) is 4.19. The maximum atomic E-state index is 11.7. The van der Waals surface area contributed by atoms with Gasteiger partial charge in [-0.25, -0.2) is 0 Å². The van der Waals surface area contributed by atoms with E-state index in [0.29, 0.717) is 17.2 Å². The van der Waals surface area contributed by atoms with E-state index in [1.165, 1.54) is 6.08 Å². The Labute approximate surface area is 123 Å². The third-order valence-electron chi connectivity index (χ3n) is 2.54. The Morgan fingerprint density at radius 3 is 2.71 bits per heavy atom. The van der Waals surface area contributed by atoms with Crippen LogP contribution in [-0.2, 0) is 4.79 Å². The first-order valence-electron chi connectivity index (χ1n) is 6.56. The maximum absolute atomic E-state index is 11.7. The number of amides is 1. The van der Waals surface area contributed by atoms with Gasteiger partial charge in [0.15, 0.2) is 0 Å². The van der Waals surface area contributed by atoms with Gasteiger partial charge in [0.2, 0.25) is 5.91 Å². The number of rotatable bonds is 5. The van der Waals surface area contributed by atoms with E-state index in [1.807, 2.05) is 25.1 Å². The van der Waals surface area contributed by atoms with Crippen LogP contribution in [0.25, 0.3) is 0 Å². The quantitative estimate of drug-likeness (QED) is 0.666. The van der Waals surface area contributed by atoms with Gasteiger partial charge in [0.1, 0.15) is 11.5 Å². The van der Waals surface area contributed by atoms with Crippen molar-refractivity contribution in [2.45, 2.75) is 6.92 Å². The van der Waals surface area contributed by atoms with Gasteiger partial charge in [0.25, 0.3) is 0 Å². The highest BCUT2D eigenvalue weighted by molar-refractivity contribution is 5.99. The molecule has 0 aliphatic rings. The van der Waals surface area contributed by atoms with Crippen LogP contribution in [0.2, 0.25) is 0 Å². The van der Waals surface area contributed by atoms with Gasteiger partial charge < -0.3 is 10.1 Å². The molecule has 0 spiro atoms. The molecule has 0 unspecified atom stereocenters. The second-order valence-electron chi connectivity index (χ2n) is 4.19. The molecule has 2 aromatic rings. The number of anilines is 1. The first-order valence-corrected chi connectivity index (χ1v) is 6.56. The fourth-order valence-corrected chi connectivity index (χ4v) is 1.62. The minimum absolute atomic E-state index is 0.186. The lowest BCUT2D eigenvalue weighted by atomic mass is 10.3. The topological polar surface area (TPSA) is 51.2 Å². The van der Waals surface area contributed by atoms with Crippen molar-refractivity contribution in [2.75, 3.05) is 5.32 Å². The van der Waals surface area contributed by atoms with Gasteiger partial charge in [-0.2, -0.15) is 0 Å².